The number of hydrogen-bond donors (Lipinski definition) is 1. The van der Waals surface area contributed by atoms with Crippen molar-refractivity contribution in [2.24, 2.45) is 17.6 Å². The van der Waals surface area contributed by atoms with Gasteiger partial charge in [0.15, 0.2) is 0 Å². The maximum Gasteiger partial charge on any atom is 0.416 e. The molecule has 2 aromatic heterocycles. The van der Waals surface area contributed by atoms with Crippen molar-refractivity contribution < 1.29 is 13.9 Å². The molecule has 0 radical (unpaired) electrons. The SMILES string of the molecule is N[C@]1(c2ccc(-c3ccc(N4CC(n5ccnn5)OC4=O)cc3F)cn2)[C@@H]2CSC[C@@H]21. The molecule has 3 fully saturated rings. The van der Waals surface area contributed by atoms with Crippen molar-refractivity contribution in [2.75, 3.05) is 23.0 Å². The summed E-state index contributed by atoms with van der Waals surface area (Å²) in [5, 5.41) is 7.57. The van der Waals surface area contributed by atoms with Crippen molar-refractivity contribution in [3.05, 3.63) is 60.4 Å². The number of anilines is 1. The van der Waals surface area contributed by atoms with Crippen LogP contribution in [0.2, 0.25) is 0 Å². The van der Waals surface area contributed by atoms with Gasteiger partial charge in [-0.3, -0.25) is 9.88 Å². The first-order valence-corrected chi connectivity index (χ1v) is 11.2. The standard InChI is InChI=1S/C21H19FN6O2S/c22-17-7-13(27-9-19(30-20(27)29)28-6-5-25-26-28)2-3-14(17)12-1-4-18(24-8-12)21(23)15-10-31-11-16(15)21/h1-8,15-16,19H,9-11,23H2/t15-,16+,19?,21-. The van der Waals surface area contributed by atoms with E-state index in [0.29, 0.717) is 28.7 Å². The minimum atomic E-state index is -0.599. The van der Waals surface area contributed by atoms with Gasteiger partial charge in [-0.1, -0.05) is 11.3 Å². The van der Waals surface area contributed by atoms with Crippen LogP contribution in [-0.2, 0) is 10.3 Å². The van der Waals surface area contributed by atoms with E-state index in [9.17, 15) is 9.18 Å². The van der Waals surface area contributed by atoms with Gasteiger partial charge in [0.2, 0.25) is 6.23 Å². The van der Waals surface area contributed by atoms with Crippen molar-refractivity contribution >= 4 is 23.5 Å². The lowest BCUT2D eigenvalue weighted by Gasteiger charge is -2.16. The molecule has 3 aromatic rings. The topological polar surface area (TPSA) is 99.2 Å². The smallest absolute Gasteiger partial charge is 0.416 e. The van der Waals surface area contributed by atoms with Gasteiger partial charge in [-0.05, 0) is 47.6 Å². The highest BCUT2D eigenvalue weighted by molar-refractivity contribution is 7.99. The predicted molar refractivity (Wildman–Crippen MR) is 113 cm³/mol. The number of benzene rings is 1. The summed E-state index contributed by atoms with van der Waals surface area (Å²) in [5.41, 5.74) is 8.63. The van der Waals surface area contributed by atoms with E-state index in [1.165, 1.54) is 21.8 Å². The number of thioether (sulfide) groups is 1. The number of cyclic esters (lactones) is 1. The van der Waals surface area contributed by atoms with E-state index in [2.05, 4.69) is 15.3 Å². The Kier molecular flexibility index (Phi) is 4.09. The third-order valence-corrected chi connectivity index (χ3v) is 7.70. The molecule has 2 N–H and O–H groups in total. The molecule has 4 heterocycles. The van der Waals surface area contributed by atoms with Gasteiger partial charge in [-0.15, -0.1) is 5.10 Å². The van der Waals surface area contributed by atoms with Gasteiger partial charge in [-0.25, -0.2) is 13.9 Å². The monoisotopic (exact) mass is 438 g/mol. The van der Waals surface area contributed by atoms with E-state index in [-0.39, 0.29) is 12.1 Å². The van der Waals surface area contributed by atoms with Crippen molar-refractivity contribution in [2.45, 2.75) is 11.8 Å². The molecule has 10 heteroatoms. The fourth-order valence-corrected chi connectivity index (χ4v) is 6.32. The number of aromatic nitrogens is 4. The second kappa shape index (κ2) is 6.76. The lowest BCUT2D eigenvalue weighted by atomic mass is 10.0. The summed E-state index contributed by atoms with van der Waals surface area (Å²) in [6, 6.07) is 8.46. The van der Waals surface area contributed by atoms with Gasteiger partial charge in [0, 0.05) is 23.5 Å². The Morgan fingerprint density at radius 1 is 1.23 bits per heavy atom. The molecule has 158 valence electrons. The Labute approximate surface area is 181 Å². The van der Waals surface area contributed by atoms with Crippen LogP contribution < -0.4 is 10.6 Å². The number of amides is 1. The number of nitrogens with two attached hydrogens (primary N) is 1. The maximum absolute atomic E-state index is 15.0. The van der Waals surface area contributed by atoms with Crippen LogP contribution in [0.3, 0.4) is 0 Å². The number of ether oxygens (including phenoxy) is 1. The second-order valence-electron chi connectivity index (χ2n) is 8.11. The molecule has 1 aromatic carbocycles. The fourth-order valence-electron chi connectivity index (χ4n) is 4.66. The number of fused-ring (bicyclic) bond motifs is 1. The van der Waals surface area contributed by atoms with Gasteiger partial charge >= 0.3 is 6.09 Å². The van der Waals surface area contributed by atoms with Crippen LogP contribution in [0.15, 0.2) is 48.9 Å². The lowest BCUT2D eigenvalue weighted by molar-refractivity contribution is 0.0922. The minimum Gasteiger partial charge on any atom is -0.421 e. The van der Waals surface area contributed by atoms with Crippen LogP contribution in [0.4, 0.5) is 14.9 Å². The highest BCUT2D eigenvalue weighted by Crippen LogP contribution is 2.62. The zero-order valence-electron chi connectivity index (χ0n) is 16.4. The molecule has 6 rings (SSSR count). The summed E-state index contributed by atoms with van der Waals surface area (Å²) in [6.07, 6.45) is 3.64. The summed E-state index contributed by atoms with van der Waals surface area (Å²) >= 11 is 1.94. The number of rotatable bonds is 4. The maximum atomic E-state index is 15.0. The van der Waals surface area contributed by atoms with Gasteiger partial charge in [0.1, 0.15) is 5.82 Å². The first-order valence-electron chi connectivity index (χ1n) is 10.0. The molecule has 4 atom stereocenters. The van der Waals surface area contributed by atoms with Crippen molar-refractivity contribution in [1.29, 1.82) is 0 Å². The first-order chi connectivity index (χ1) is 15.1. The molecule has 3 aliphatic rings. The molecular weight excluding hydrogens is 419 g/mol. The predicted octanol–water partition coefficient (Wildman–Crippen LogP) is 2.78. The molecule has 8 nitrogen and oxygen atoms in total. The van der Waals surface area contributed by atoms with Gasteiger partial charge < -0.3 is 10.5 Å². The second-order valence-corrected chi connectivity index (χ2v) is 9.19. The Hall–Kier alpha value is -2.98. The van der Waals surface area contributed by atoms with E-state index < -0.39 is 18.1 Å². The molecular formula is C21H19FN6O2S. The average molecular weight is 438 g/mol. The van der Waals surface area contributed by atoms with Crippen molar-refractivity contribution in [3.8, 4) is 11.1 Å². The lowest BCUT2D eigenvalue weighted by Crippen LogP contribution is -2.27. The van der Waals surface area contributed by atoms with Crippen LogP contribution in [0.5, 0.6) is 0 Å². The molecule has 1 aliphatic carbocycles. The molecule has 31 heavy (non-hydrogen) atoms. The highest BCUT2D eigenvalue weighted by atomic mass is 32.2. The molecule has 0 spiro atoms. The minimum absolute atomic E-state index is 0.219. The van der Waals surface area contributed by atoms with Crippen molar-refractivity contribution in [1.82, 2.24) is 20.0 Å². The third kappa shape index (κ3) is 2.85. The molecule has 2 aliphatic heterocycles. The number of nitrogens with zero attached hydrogens (tertiary/aromatic N) is 5. The van der Waals surface area contributed by atoms with Crippen LogP contribution in [0.1, 0.15) is 11.9 Å². The van der Waals surface area contributed by atoms with Crippen LogP contribution >= 0.6 is 11.8 Å². The number of halogens is 1. The first kappa shape index (κ1) is 18.8. The Balaban J connectivity index is 1.22. The zero-order valence-corrected chi connectivity index (χ0v) is 17.2. The molecule has 1 unspecified atom stereocenters. The summed E-state index contributed by atoms with van der Waals surface area (Å²) in [4.78, 5) is 18.2. The Morgan fingerprint density at radius 3 is 2.74 bits per heavy atom. The molecule has 0 bridgehead atoms. The third-order valence-electron chi connectivity index (χ3n) is 6.51. The molecule has 1 saturated carbocycles. The zero-order chi connectivity index (χ0) is 21.2. The normalized spacial score (nSPS) is 29.2. The average Bonchev–Trinajstić information content (AvgIpc) is 3.36. The number of pyridine rings is 1. The summed E-state index contributed by atoms with van der Waals surface area (Å²) in [7, 11) is 0. The Bertz CT molecular complexity index is 1150. The largest absolute Gasteiger partial charge is 0.421 e. The number of carbonyl (C=O) groups excluding carboxylic acids is 1. The number of carbonyl (C=O) groups is 1. The van der Waals surface area contributed by atoms with Crippen molar-refractivity contribution in [3.63, 3.8) is 0 Å². The van der Waals surface area contributed by atoms with E-state index in [1.807, 2.05) is 23.9 Å². The van der Waals surface area contributed by atoms with E-state index in [0.717, 1.165) is 17.2 Å². The van der Waals surface area contributed by atoms with E-state index in [4.69, 9.17) is 10.5 Å². The van der Waals surface area contributed by atoms with E-state index >= 15 is 0 Å². The van der Waals surface area contributed by atoms with Crippen LogP contribution in [0.25, 0.3) is 11.1 Å². The number of hydrogen-bond acceptors (Lipinski definition) is 7. The summed E-state index contributed by atoms with van der Waals surface area (Å²) in [6.45, 7) is 0.219. The van der Waals surface area contributed by atoms with Crippen LogP contribution in [-0.4, -0.2) is 44.1 Å². The van der Waals surface area contributed by atoms with Gasteiger partial charge in [0.25, 0.3) is 0 Å². The highest BCUT2D eigenvalue weighted by Gasteiger charge is 2.66. The fraction of sp³-hybridized carbons (Fsp3) is 0.333. The van der Waals surface area contributed by atoms with Gasteiger partial charge in [0.05, 0.1) is 29.7 Å². The summed E-state index contributed by atoms with van der Waals surface area (Å²) < 4.78 is 21.7. The summed E-state index contributed by atoms with van der Waals surface area (Å²) in [5.74, 6) is 2.71. The quantitative estimate of drug-likeness (QED) is 0.669. The Morgan fingerprint density at radius 2 is 2.06 bits per heavy atom. The van der Waals surface area contributed by atoms with E-state index in [1.54, 1.807) is 24.5 Å². The van der Waals surface area contributed by atoms with Crippen LogP contribution in [0, 0.1) is 17.7 Å². The van der Waals surface area contributed by atoms with Gasteiger partial charge in [-0.2, -0.15) is 11.8 Å². The molecule has 2 saturated heterocycles. The molecule has 1 amide bonds.